The SMILES string of the molecule is C#CCOc1ccc(CCNC(=O)c2ccc3c(c2)NC(=O)CS3)cc1. The van der Waals surface area contributed by atoms with Crippen LogP contribution in [0.15, 0.2) is 47.4 Å². The maximum atomic E-state index is 12.3. The minimum atomic E-state index is -0.161. The van der Waals surface area contributed by atoms with Gasteiger partial charge in [-0.2, -0.15) is 0 Å². The van der Waals surface area contributed by atoms with Gasteiger partial charge in [-0.3, -0.25) is 9.59 Å². The van der Waals surface area contributed by atoms with E-state index in [1.165, 1.54) is 11.8 Å². The molecule has 2 aromatic carbocycles. The number of benzene rings is 2. The third-order valence-corrected chi connectivity index (χ3v) is 4.89. The molecular weight excluding hydrogens is 348 g/mol. The van der Waals surface area contributed by atoms with Gasteiger partial charge in [0.05, 0.1) is 11.4 Å². The Morgan fingerprint density at radius 2 is 2.08 bits per heavy atom. The van der Waals surface area contributed by atoms with Crippen LogP contribution in [0.2, 0.25) is 0 Å². The van der Waals surface area contributed by atoms with Gasteiger partial charge in [0, 0.05) is 17.0 Å². The van der Waals surface area contributed by atoms with E-state index < -0.39 is 0 Å². The summed E-state index contributed by atoms with van der Waals surface area (Å²) in [5, 5.41) is 5.69. The molecule has 0 saturated carbocycles. The van der Waals surface area contributed by atoms with E-state index in [1.54, 1.807) is 12.1 Å². The average Bonchev–Trinajstić information content (AvgIpc) is 2.66. The molecule has 0 aliphatic carbocycles. The summed E-state index contributed by atoms with van der Waals surface area (Å²) < 4.78 is 5.33. The number of ether oxygens (including phenoxy) is 1. The highest BCUT2D eigenvalue weighted by molar-refractivity contribution is 8.00. The molecule has 0 aromatic heterocycles. The van der Waals surface area contributed by atoms with Crippen molar-refractivity contribution in [3.8, 4) is 18.1 Å². The fourth-order valence-electron chi connectivity index (χ4n) is 2.52. The summed E-state index contributed by atoms with van der Waals surface area (Å²) >= 11 is 1.47. The summed E-state index contributed by atoms with van der Waals surface area (Å²) in [6.07, 6.45) is 5.86. The van der Waals surface area contributed by atoms with Gasteiger partial charge in [0.25, 0.3) is 5.91 Å². The Kier molecular flexibility index (Phi) is 5.82. The third kappa shape index (κ3) is 4.58. The maximum Gasteiger partial charge on any atom is 0.251 e. The highest BCUT2D eigenvalue weighted by Crippen LogP contribution is 2.31. The summed E-state index contributed by atoms with van der Waals surface area (Å²) in [6.45, 7) is 0.761. The molecule has 0 bridgehead atoms. The lowest BCUT2D eigenvalue weighted by atomic mass is 10.1. The molecule has 3 rings (SSSR count). The maximum absolute atomic E-state index is 12.3. The number of amides is 2. The molecule has 2 amide bonds. The van der Waals surface area contributed by atoms with Crippen molar-refractivity contribution in [1.29, 1.82) is 0 Å². The highest BCUT2D eigenvalue weighted by atomic mass is 32.2. The Labute approximate surface area is 156 Å². The second-order valence-electron chi connectivity index (χ2n) is 5.69. The van der Waals surface area contributed by atoms with Gasteiger partial charge in [0.15, 0.2) is 0 Å². The largest absolute Gasteiger partial charge is 0.481 e. The van der Waals surface area contributed by atoms with Gasteiger partial charge in [0.2, 0.25) is 5.91 Å². The highest BCUT2D eigenvalue weighted by Gasteiger charge is 2.17. The lowest BCUT2D eigenvalue weighted by Gasteiger charge is -2.17. The lowest BCUT2D eigenvalue weighted by molar-refractivity contribution is -0.113. The summed E-state index contributed by atoms with van der Waals surface area (Å²) in [6, 6.07) is 13.0. The van der Waals surface area contributed by atoms with E-state index in [1.807, 2.05) is 30.3 Å². The van der Waals surface area contributed by atoms with Crippen LogP contribution in [0.4, 0.5) is 5.69 Å². The number of anilines is 1. The van der Waals surface area contributed by atoms with Crippen LogP contribution in [0.5, 0.6) is 5.75 Å². The zero-order valence-corrected chi connectivity index (χ0v) is 14.9. The quantitative estimate of drug-likeness (QED) is 0.772. The Balaban J connectivity index is 1.52. The van der Waals surface area contributed by atoms with E-state index in [0.29, 0.717) is 30.0 Å². The third-order valence-electron chi connectivity index (χ3n) is 3.82. The zero-order valence-electron chi connectivity index (χ0n) is 14.1. The molecule has 0 saturated heterocycles. The van der Waals surface area contributed by atoms with E-state index in [-0.39, 0.29) is 18.4 Å². The fraction of sp³-hybridized carbons (Fsp3) is 0.200. The van der Waals surface area contributed by atoms with Gasteiger partial charge < -0.3 is 15.4 Å². The number of terminal acetylenes is 1. The topological polar surface area (TPSA) is 67.4 Å². The molecule has 0 unspecified atom stereocenters. The molecule has 1 aliphatic heterocycles. The Morgan fingerprint density at radius 3 is 2.85 bits per heavy atom. The molecular formula is C20H18N2O3S. The zero-order chi connectivity index (χ0) is 18.4. The summed E-state index contributed by atoms with van der Waals surface area (Å²) in [5.41, 5.74) is 2.32. The lowest BCUT2D eigenvalue weighted by Crippen LogP contribution is -2.26. The number of thioether (sulfide) groups is 1. The predicted molar refractivity (Wildman–Crippen MR) is 103 cm³/mol. The molecule has 26 heavy (non-hydrogen) atoms. The van der Waals surface area contributed by atoms with Crippen LogP contribution < -0.4 is 15.4 Å². The van der Waals surface area contributed by atoms with Crippen LogP contribution in [0, 0.1) is 12.3 Å². The Bertz CT molecular complexity index is 856. The Morgan fingerprint density at radius 1 is 1.27 bits per heavy atom. The molecule has 0 radical (unpaired) electrons. The van der Waals surface area contributed by atoms with Crippen LogP contribution in [0.3, 0.4) is 0 Å². The molecule has 0 fully saturated rings. The predicted octanol–water partition coefficient (Wildman–Crippen LogP) is 2.72. The molecule has 1 aliphatic rings. The minimum Gasteiger partial charge on any atom is -0.481 e. The van der Waals surface area contributed by atoms with Crippen molar-refractivity contribution in [3.05, 3.63) is 53.6 Å². The van der Waals surface area contributed by atoms with Gasteiger partial charge in [-0.05, 0) is 42.3 Å². The number of carbonyl (C=O) groups is 2. The fourth-order valence-corrected chi connectivity index (χ4v) is 3.31. The van der Waals surface area contributed by atoms with E-state index in [0.717, 1.165) is 16.2 Å². The molecule has 1 heterocycles. The first-order valence-electron chi connectivity index (χ1n) is 8.16. The van der Waals surface area contributed by atoms with Crippen molar-refractivity contribution in [1.82, 2.24) is 5.32 Å². The van der Waals surface area contributed by atoms with Crippen molar-refractivity contribution in [2.24, 2.45) is 0 Å². The number of fused-ring (bicyclic) bond motifs is 1. The smallest absolute Gasteiger partial charge is 0.251 e. The summed E-state index contributed by atoms with van der Waals surface area (Å²) in [4.78, 5) is 24.8. The minimum absolute atomic E-state index is 0.0465. The first-order chi connectivity index (χ1) is 12.7. The Hall–Kier alpha value is -2.91. The van der Waals surface area contributed by atoms with E-state index in [2.05, 4.69) is 16.6 Å². The monoisotopic (exact) mass is 366 g/mol. The van der Waals surface area contributed by atoms with Crippen LogP contribution in [-0.4, -0.2) is 30.7 Å². The number of hydrogen-bond donors (Lipinski definition) is 2. The van der Waals surface area contributed by atoms with Crippen LogP contribution in [-0.2, 0) is 11.2 Å². The second-order valence-corrected chi connectivity index (χ2v) is 6.71. The molecule has 2 N–H and O–H groups in total. The molecule has 5 nitrogen and oxygen atoms in total. The number of hydrogen-bond acceptors (Lipinski definition) is 4. The van der Waals surface area contributed by atoms with Crippen molar-refractivity contribution in [2.75, 3.05) is 24.2 Å². The first-order valence-corrected chi connectivity index (χ1v) is 9.14. The van der Waals surface area contributed by atoms with Gasteiger partial charge >= 0.3 is 0 Å². The standard InChI is InChI=1S/C20H18N2O3S/c1-2-11-25-16-6-3-14(4-7-16)9-10-21-20(24)15-5-8-18-17(12-15)22-19(23)13-26-18/h1,3-8,12H,9-11,13H2,(H,21,24)(H,22,23). The average molecular weight is 366 g/mol. The normalized spacial score (nSPS) is 12.5. The molecule has 0 atom stereocenters. The molecule has 6 heteroatoms. The van der Waals surface area contributed by atoms with Gasteiger partial charge in [-0.1, -0.05) is 18.1 Å². The van der Waals surface area contributed by atoms with Crippen molar-refractivity contribution in [3.63, 3.8) is 0 Å². The van der Waals surface area contributed by atoms with Gasteiger partial charge in [-0.15, -0.1) is 18.2 Å². The molecule has 132 valence electrons. The number of rotatable bonds is 6. The van der Waals surface area contributed by atoms with Crippen LogP contribution in [0.1, 0.15) is 15.9 Å². The molecule has 2 aromatic rings. The van der Waals surface area contributed by atoms with Crippen LogP contribution >= 0.6 is 11.8 Å². The van der Waals surface area contributed by atoms with E-state index in [4.69, 9.17) is 11.2 Å². The van der Waals surface area contributed by atoms with Crippen molar-refractivity contribution >= 4 is 29.3 Å². The summed E-state index contributed by atoms with van der Waals surface area (Å²) in [5.74, 6) is 3.35. The van der Waals surface area contributed by atoms with Crippen LogP contribution in [0.25, 0.3) is 0 Å². The number of nitrogens with one attached hydrogen (secondary N) is 2. The summed E-state index contributed by atoms with van der Waals surface area (Å²) in [7, 11) is 0. The number of carbonyl (C=O) groups excluding carboxylic acids is 2. The molecule has 0 spiro atoms. The van der Waals surface area contributed by atoms with E-state index in [9.17, 15) is 9.59 Å². The van der Waals surface area contributed by atoms with E-state index >= 15 is 0 Å². The van der Waals surface area contributed by atoms with Gasteiger partial charge in [-0.25, -0.2) is 0 Å². The first kappa shape index (κ1) is 17.9. The second kappa shape index (κ2) is 8.45. The van der Waals surface area contributed by atoms with Crippen molar-refractivity contribution < 1.29 is 14.3 Å². The van der Waals surface area contributed by atoms with Crippen molar-refractivity contribution in [2.45, 2.75) is 11.3 Å². The van der Waals surface area contributed by atoms with Gasteiger partial charge in [0.1, 0.15) is 12.4 Å².